The molecule has 21 heavy (non-hydrogen) atoms. The third kappa shape index (κ3) is 3.47. The molecule has 0 aliphatic carbocycles. The maximum Gasteiger partial charge on any atom is 0.227 e. The molecule has 0 spiro atoms. The first-order valence-electron chi connectivity index (χ1n) is 7.66. The van der Waals surface area contributed by atoms with Crippen molar-refractivity contribution in [1.29, 1.82) is 0 Å². The zero-order valence-electron chi connectivity index (χ0n) is 12.4. The summed E-state index contributed by atoms with van der Waals surface area (Å²) < 4.78 is 11.2. The Morgan fingerprint density at radius 1 is 1.29 bits per heavy atom. The van der Waals surface area contributed by atoms with Gasteiger partial charge in [-0.2, -0.15) is 0 Å². The van der Waals surface area contributed by atoms with Crippen molar-refractivity contribution in [1.82, 2.24) is 5.32 Å². The van der Waals surface area contributed by atoms with Crippen molar-refractivity contribution >= 4 is 11.6 Å². The topological polar surface area (TPSA) is 59.6 Å². The predicted molar refractivity (Wildman–Crippen MR) is 80.9 cm³/mol. The Hall–Kier alpha value is -1.75. The van der Waals surface area contributed by atoms with Gasteiger partial charge in [0, 0.05) is 30.1 Å². The van der Waals surface area contributed by atoms with E-state index in [0.29, 0.717) is 25.0 Å². The zero-order valence-corrected chi connectivity index (χ0v) is 12.4. The number of hydrogen-bond donors (Lipinski definition) is 2. The average molecular weight is 290 g/mol. The number of anilines is 1. The first-order valence-corrected chi connectivity index (χ1v) is 7.66. The smallest absolute Gasteiger partial charge is 0.227 e. The Kier molecular flexibility index (Phi) is 4.29. The van der Waals surface area contributed by atoms with Gasteiger partial charge in [-0.1, -0.05) is 0 Å². The third-order valence-electron chi connectivity index (χ3n) is 4.01. The molecule has 5 heteroatoms. The van der Waals surface area contributed by atoms with E-state index in [-0.39, 0.29) is 11.8 Å². The van der Waals surface area contributed by atoms with E-state index in [9.17, 15) is 4.79 Å². The second-order valence-electron chi connectivity index (χ2n) is 5.78. The average Bonchev–Trinajstić information content (AvgIpc) is 2.72. The second-order valence-corrected chi connectivity index (χ2v) is 5.78. The Balaban J connectivity index is 1.67. The van der Waals surface area contributed by atoms with Crippen molar-refractivity contribution < 1.29 is 14.3 Å². The van der Waals surface area contributed by atoms with Crippen LogP contribution in [0.4, 0.5) is 5.69 Å². The molecule has 2 atom stereocenters. The maximum atomic E-state index is 12.3. The van der Waals surface area contributed by atoms with Crippen molar-refractivity contribution in [3.05, 3.63) is 18.2 Å². The molecule has 1 fully saturated rings. The number of piperidine rings is 1. The number of nitrogens with one attached hydrogen (secondary N) is 2. The first-order chi connectivity index (χ1) is 10.2. The molecule has 0 bridgehead atoms. The lowest BCUT2D eigenvalue weighted by molar-refractivity contribution is -0.120. The van der Waals surface area contributed by atoms with Gasteiger partial charge in [0.05, 0.1) is 13.2 Å². The monoisotopic (exact) mass is 290 g/mol. The highest BCUT2D eigenvalue weighted by molar-refractivity contribution is 5.93. The van der Waals surface area contributed by atoms with E-state index < -0.39 is 0 Å². The number of carbonyl (C=O) groups is 1. The molecular weight excluding hydrogens is 268 g/mol. The summed E-state index contributed by atoms with van der Waals surface area (Å²) in [6, 6.07) is 5.98. The van der Waals surface area contributed by atoms with Crippen molar-refractivity contribution in [2.24, 2.45) is 5.92 Å². The van der Waals surface area contributed by atoms with Crippen LogP contribution in [0.3, 0.4) is 0 Å². The van der Waals surface area contributed by atoms with Crippen LogP contribution in [-0.2, 0) is 4.79 Å². The van der Waals surface area contributed by atoms with E-state index >= 15 is 0 Å². The molecule has 1 amide bonds. The highest BCUT2D eigenvalue weighted by atomic mass is 16.5. The minimum atomic E-state index is 0.0808. The lowest BCUT2D eigenvalue weighted by atomic mass is 9.92. The molecule has 1 aromatic carbocycles. The summed E-state index contributed by atoms with van der Waals surface area (Å²) in [6.07, 6.45) is 2.65. The lowest BCUT2D eigenvalue weighted by Crippen LogP contribution is -2.40. The van der Waals surface area contributed by atoms with Crippen molar-refractivity contribution in [2.75, 3.05) is 25.1 Å². The van der Waals surface area contributed by atoms with Crippen molar-refractivity contribution in [3.63, 3.8) is 0 Å². The van der Waals surface area contributed by atoms with E-state index in [4.69, 9.17) is 9.47 Å². The fourth-order valence-electron chi connectivity index (χ4n) is 2.86. The third-order valence-corrected chi connectivity index (χ3v) is 4.01. The van der Waals surface area contributed by atoms with Crippen LogP contribution in [0.25, 0.3) is 0 Å². The molecule has 5 nitrogen and oxygen atoms in total. The molecule has 2 aliphatic rings. The number of ether oxygens (including phenoxy) is 2. The molecule has 0 saturated carbocycles. The van der Waals surface area contributed by atoms with Gasteiger partial charge in [-0.25, -0.2) is 0 Å². The van der Waals surface area contributed by atoms with Gasteiger partial charge in [-0.05, 0) is 38.4 Å². The number of hydrogen-bond acceptors (Lipinski definition) is 4. The van der Waals surface area contributed by atoms with Crippen LogP contribution < -0.4 is 20.1 Å². The summed E-state index contributed by atoms with van der Waals surface area (Å²) >= 11 is 0. The molecule has 114 valence electrons. The summed E-state index contributed by atoms with van der Waals surface area (Å²) in [5.74, 6) is 1.64. The molecule has 0 aromatic heterocycles. The zero-order chi connectivity index (χ0) is 14.7. The van der Waals surface area contributed by atoms with Gasteiger partial charge in [0.2, 0.25) is 5.91 Å². The van der Waals surface area contributed by atoms with Crippen LogP contribution in [-0.4, -0.2) is 31.7 Å². The Bertz CT molecular complexity index is 518. The normalized spacial score (nSPS) is 25.0. The van der Waals surface area contributed by atoms with Gasteiger partial charge < -0.3 is 20.1 Å². The number of amides is 1. The molecule has 1 saturated heterocycles. The van der Waals surface area contributed by atoms with Crippen LogP contribution >= 0.6 is 0 Å². The fraction of sp³-hybridized carbons (Fsp3) is 0.562. The highest BCUT2D eigenvalue weighted by Gasteiger charge is 2.25. The van der Waals surface area contributed by atoms with E-state index in [1.54, 1.807) is 0 Å². The summed E-state index contributed by atoms with van der Waals surface area (Å²) in [6.45, 7) is 4.34. The molecule has 2 N–H and O–H groups in total. The number of rotatable bonds is 2. The van der Waals surface area contributed by atoms with Crippen molar-refractivity contribution in [3.8, 4) is 11.5 Å². The van der Waals surface area contributed by atoms with Crippen LogP contribution in [0.5, 0.6) is 11.5 Å². The van der Waals surface area contributed by atoms with Gasteiger partial charge in [-0.15, -0.1) is 0 Å². The molecule has 2 heterocycles. The van der Waals surface area contributed by atoms with E-state index in [0.717, 1.165) is 37.2 Å². The van der Waals surface area contributed by atoms with E-state index in [2.05, 4.69) is 17.6 Å². The maximum absolute atomic E-state index is 12.3. The van der Waals surface area contributed by atoms with Gasteiger partial charge >= 0.3 is 0 Å². The van der Waals surface area contributed by atoms with Crippen LogP contribution in [0.2, 0.25) is 0 Å². The van der Waals surface area contributed by atoms with Gasteiger partial charge in [0.25, 0.3) is 0 Å². The molecular formula is C16H22N2O3. The van der Waals surface area contributed by atoms with Gasteiger partial charge in [0.1, 0.15) is 0 Å². The SMILES string of the molecule is CC1CC(C(=O)Nc2ccc3c(c2)OCCCO3)CCN1. The lowest BCUT2D eigenvalue weighted by Gasteiger charge is -2.27. The summed E-state index contributed by atoms with van der Waals surface area (Å²) in [5, 5.41) is 6.36. The highest BCUT2D eigenvalue weighted by Crippen LogP contribution is 2.32. The number of carbonyl (C=O) groups excluding carboxylic acids is 1. The minimum absolute atomic E-state index is 0.0808. The van der Waals surface area contributed by atoms with E-state index in [1.165, 1.54) is 0 Å². The summed E-state index contributed by atoms with van der Waals surface area (Å²) in [4.78, 5) is 12.3. The Morgan fingerprint density at radius 2 is 2.10 bits per heavy atom. The number of fused-ring (bicyclic) bond motifs is 1. The Labute approximate surface area is 125 Å². The summed E-state index contributed by atoms with van der Waals surface area (Å²) in [5.41, 5.74) is 0.774. The van der Waals surface area contributed by atoms with Crippen LogP contribution in [0, 0.1) is 5.92 Å². The van der Waals surface area contributed by atoms with Gasteiger partial charge in [0.15, 0.2) is 11.5 Å². The second kappa shape index (κ2) is 6.35. The first kappa shape index (κ1) is 14.2. The molecule has 2 aliphatic heterocycles. The fourth-order valence-corrected chi connectivity index (χ4v) is 2.86. The van der Waals surface area contributed by atoms with Gasteiger partial charge in [-0.3, -0.25) is 4.79 Å². The molecule has 2 unspecified atom stereocenters. The van der Waals surface area contributed by atoms with Crippen molar-refractivity contribution in [2.45, 2.75) is 32.2 Å². The van der Waals surface area contributed by atoms with E-state index in [1.807, 2.05) is 18.2 Å². The largest absolute Gasteiger partial charge is 0.490 e. The molecule has 0 radical (unpaired) electrons. The van der Waals surface area contributed by atoms with Crippen LogP contribution in [0.15, 0.2) is 18.2 Å². The Morgan fingerprint density at radius 3 is 2.90 bits per heavy atom. The standard InChI is InChI=1S/C16H22N2O3/c1-11-9-12(5-6-17-11)16(19)18-13-3-4-14-15(10-13)21-8-2-7-20-14/h3-4,10-12,17H,2,5-9H2,1H3,(H,18,19). The minimum Gasteiger partial charge on any atom is -0.490 e. The van der Waals surface area contributed by atoms with Crippen LogP contribution in [0.1, 0.15) is 26.2 Å². The number of benzene rings is 1. The predicted octanol–water partition coefficient (Wildman–Crippen LogP) is 2.17. The summed E-state index contributed by atoms with van der Waals surface area (Å²) in [7, 11) is 0. The molecule has 1 aromatic rings. The molecule has 3 rings (SSSR count). The quantitative estimate of drug-likeness (QED) is 0.876.